The molecule has 0 spiro atoms. The summed E-state index contributed by atoms with van der Waals surface area (Å²) in [7, 11) is 0. The fraction of sp³-hybridized carbons (Fsp3) is 0.348. The first-order valence-electron chi connectivity index (χ1n) is 9.91. The van der Waals surface area contributed by atoms with Crippen molar-refractivity contribution < 1.29 is 0 Å². The van der Waals surface area contributed by atoms with Gasteiger partial charge < -0.3 is 4.98 Å². The van der Waals surface area contributed by atoms with Crippen LogP contribution in [0, 0.1) is 0 Å². The number of nitrogens with zero attached hydrogens (tertiary/aromatic N) is 2. The van der Waals surface area contributed by atoms with Crippen LogP contribution in [-0.2, 0) is 25.7 Å². The fourth-order valence-electron chi connectivity index (χ4n) is 4.61. The van der Waals surface area contributed by atoms with Gasteiger partial charge in [0.25, 0.3) is 0 Å². The zero-order chi connectivity index (χ0) is 18.2. The predicted molar refractivity (Wildman–Crippen MR) is 110 cm³/mol. The molecule has 1 aromatic heterocycles. The molecule has 1 N–H and O–H groups in total. The highest BCUT2D eigenvalue weighted by Gasteiger charge is 2.27. The zero-order valence-electron chi connectivity index (χ0n) is 15.4. The van der Waals surface area contributed by atoms with E-state index in [4.69, 9.17) is 16.6 Å². The number of imidazole rings is 1. The normalized spacial score (nSPS) is 20.0. The van der Waals surface area contributed by atoms with Crippen molar-refractivity contribution in [3.63, 3.8) is 0 Å². The van der Waals surface area contributed by atoms with E-state index in [1.54, 1.807) is 5.56 Å². The summed E-state index contributed by atoms with van der Waals surface area (Å²) in [4.78, 5) is 11.1. The summed E-state index contributed by atoms with van der Waals surface area (Å²) in [5.74, 6) is 0.908. The predicted octanol–water partition coefficient (Wildman–Crippen LogP) is 4.69. The van der Waals surface area contributed by atoms with Gasteiger partial charge in [0.15, 0.2) is 0 Å². The second-order valence-corrected chi connectivity index (χ2v) is 8.10. The minimum absolute atomic E-state index is 0.659. The third-order valence-electron chi connectivity index (χ3n) is 6.12. The molecule has 0 amide bonds. The maximum Gasteiger partial charge on any atom is 0.139 e. The molecule has 3 aromatic rings. The molecule has 1 unspecified atom stereocenters. The summed E-state index contributed by atoms with van der Waals surface area (Å²) in [5.41, 5.74) is 6.57. The molecule has 0 saturated heterocycles. The molecule has 1 aliphatic carbocycles. The van der Waals surface area contributed by atoms with Crippen LogP contribution in [0.5, 0.6) is 0 Å². The van der Waals surface area contributed by atoms with Crippen molar-refractivity contribution in [3.8, 4) is 11.4 Å². The molecule has 1 aliphatic heterocycles. The smallest absolute Gasteiger partial charge is 0.139 e. The highest BCUT2D eigenvalue weighted by Crippen LogP contribution is 2.29. The maximum atomic E-state index is 6.35. The number of H-pyrrole nitrogens is 1. The SMILES string of the molecule is Clc1ccccc1-c1nc2c([nH]1)CCN(C1CCc3ccccc3C1)CC2. The molecule has 2 aromatic carbocycles. The molecule has 0 fully saturated rings. The first-order valence-corrected chi connectivity index (χ1v) is 10.3. The zero-order valence-corrected chi connectivity index (χ0v) is 16.2. The lowest BCUT2D eigenvalue weighted by atomic mass is 9.87. The van der Waals surface area contributed by atoms with E-state index >= 15 is 0 Å². The molecule has 5 rings (SSSR count). The largest absolute Gasteiger partial charge is 0.342 e. The number of aromatic amines is 1. The molecule has 1 atom stereocenters. The summed E-state index contributed by atoms with van der Waals surface area (Å²) < 4.78 is 0. The van der Waals surface area contributed by atoms with Crippen LogP contribution >= 0.6 is 11.6 Å². The van der Waals surface area contributed by atoms with E-state index in [-0.39, 0.29) is 0 Å². The van der Waals surface area contributed by atoms with E-state index in [1.807, 2.05) is 24.3 Å². The van der Waals surface area contributed by atoms with Crippen LogP contribution in [0.15, 0.2) is 48.5 Å². The number of fused-ring (bicyclic) bond motifs is 2. The lowest BCUT2D eigenvalue weighted by Crippen LogP contribution is -2.40. The number of hydrogen-bond donors (Lipinski definition) is 1. The van der Waals surface area contributed by atoms with Crippen LogP contribution in [-0.4, -0.2) is 34.0 Å². The maximum absolute atomic E-state index is 6.35. The van der Waals surface area contributed by atoms with Crippen LogP contribution in [0.3, 0.4) is 0 Å². The van der Waals surface area contributed by atoms with Gasteiger partial charge in [0.05, 0.1) is 10.7 Å². The van der Waals surface area contributed by atoms with Gasteiger partial charge >= 0.3 is 0 Å². The summed E-state index contributed by atoms with van der Waals surface area (Å²) in [5, 5.41) is 0.754. The lowest BCUT2D eigenvalue weighted by Gasteiger charge is -2.34. The van der Waals surface area contributed by atoms with Crippen molar-refractivity contribution in [2.75, 3.05) is 13.1 Å². The summed E-state index contributed by atoms with van der Waals surface area (Å²) in [6.07, 6.45) is 5.70. The lowest BCUT2D eigenvalue weighted by molar-refractivity contribution is 0.187. The summed E-state index contributed by atoms with van der Waals surface area (Å²) in [6.45, 7) is 2.19. The van der Waals surface area contributed by atoms with Crippen molar-refractivity contribution >= 4 is 11.6 Å². The van der Waals surface area contributed by atoms with E-state index in [0.717, 1.165) is 42.3 Å². The summed E-state index contributed by atoms with van der Waals surface area (Å²) in [6, 6.07) is 17.5. The van der Waals surface area contributed by atoms with Gasteiger partial charge in [-0.1, -0.05) is 48.0 Å². The van der Waals surface area contributed by atoms with Crippen molar-refractivity contribution in [1.29, 1.82) is 0 Å². The average Bonchev–Trinajstić information content (AvgIpc) is 3.00. The third-order valence-corrected chi connectivity index (χ3v) is 6.45. The van der Waals surface area contributed by atoms with E-state index in [2.05, 4.69) is 34.1 Å². The van der Waals surface area contributed by atoms with Gasteiger partial charge in [-0.3, -0.25) is 4.90 Å². The quantitative estimate of drug-likeness (QED) is 0.702. The van der Waals surface area contributed by atoms with E-state index in [1.165, 1.54) is 36.2 Å². The Bertz CT molecular complexity index is 936. The number of nitrogens with one attached hydrogen (secondary N) is 1. The fourth-order valence-corrected chi connectivity index (χ4v) is 4.84. The van der Waals surface area contributed by atoms with Crippen LogP contribution in [0.2, 0.25) is 5.02 Å². The van der Waals surface area contributed by atoms with E-state index in [0.29, 0.717) is 6.04 Å². The number of halogens is 1. The molecule has 4 heteroatoms. The summed E-state index contributed by atoms with van der Waals surface area (Å²) >= 11 is 6.35. The van der Waals surface area contributed by atoms with Crippen LogP contribution in [0.1, 0.15) is 28.9 Å². The Morgan fingerprint density at radius 3 is 2.59 bits per heavy atom. The van der Waals surface area contributed by atoms with Gasteiger partial charge in [-0.05, 0) is 42.5 Å². The van der Waals surface area contributed by atoms with Gasteiger partial charge in [-0.15, -0.1) is 0 Å². The molecule has 0 saturated carbocycles. The van der Waals surface area contributed by atoms with Crippen molar-refractivity contribution in [1.82, 2.24) is 14.9 Å². The first-order chi connectivity index (χ1) is 13.3. The molecular weight excluding hydrogens is 354 g/mol. The number of rotatable bonds is 2. The molecule has 2 aliphatic rings. The molecule has 2 heterocycles. The van der Waals surface area contributed by atoms with Crippen LogP contribution < -0.4 is 0 Å². The Morgan fingerprint density at radius 1 is 0.926 bits per heavy atom. The third kappa shape index (κ3) is 3.30. The molecular formula is C23H24ClN3. The van der Waals surface area contributed by atoms with Crippen molar-refractivity contribution in [2.24, 2.45) is 0 Å². The number of benzene rings is 2. The number of aromatic nitrogens is 2. The molecule has 0 bridgehead atoms. The highest BCUT2D eigenvalue weighted by molar-refractivity contribution is 6.33. The average molecular weight is 378 g/mol. The number of hydrogen-bond acceptors (Lipinski definition) is 2. The minimum atomic E-state index is 0.659. The molecule has 138 valence electrons. The second-order valence-electron chi connectivity index (χ2n) is 7.69. The first kappa shape index (κ1) is 17.0. The van der Waals surface area contributed by atoms with Gasteiger partial charge in [0.1, 0.15) is 5.82 Å². The van der Waals surface area contributed by atoms with Gasteiger partial charge in [0.2, 0.25) is 0 Å². The Kier molecular flexibility index (Phi) is 4.50. The second kappa shape index (κ2) is 7.14. The minimum Gasteiger partial charge on any atom is -0.342 e. The highest BCUT2D eigenvalue weighted by atomic mass is 35.5. The monoisotopic (exact) mass is 377 g/mol. The van der Waals surface area contributed by atoms with Crippen molar-refractivity contribution in [2.45, 2.75) is 38.1 Å². The Hall–Kier alpha value is -2.10. The van der Waals surface area contributed by atoms with Crippen molar-refractivity contribution in [3.05, 3.63) is 76.1 Å². The Balaban J connectivity index is 1.31. The van der Waals surface area contributed by atoms with Crippen LogP contribution in [0.4, 0.5) is 0 Å². The Labute approximate surface area is 165 Å². The van der Waals surface area contributed by atoms with Gasteiger partial charge in [0, 0.05) is 43.2 Å². The topological polar surface area (TPSA) is 31.9 Å². The molecule has 3 nitrogen and oxygen atoms in total. The van der Waals surface area contributed by atoms with E-state index < -0.39 is 0 Å². The van der Waals surface area contributed by atoms with E-state index in [9.17, 15) is 0 Å². The van der Waals surface area contributed by atoms with Gasteiger partial charge in [-0.25, -0.2) is 4.98 Å². The van der Waals surface area contributed by atoms with Crippen LogP contribution in [0.25, 0.3) is 11.4 Å². The molecule has 27 heavy (non-hydrogen) atoms. The Morgan fingerprint density at radius 2 is 1.70 bits per heavy atom. The standard InChI is InChI=1S/C23H24ClN3/c24-20-8-4-3-7-19(20)23-25-21-11-13-27(14-12-22(21)26-23)18-10-9-16-5-1-2-6-17(16)15-18/h1-8,18H,9-15H2,(H,25,26). The molecule has 0 radical (unpaired) electrons. The van der Waals surface area contributed by atoms with Gasteiger partial charge in [-0.2, -0.15) is 0 Å². The number of aryl methyl sites for hydroxylation is 1.